The zero-order chi connectivity index (χ0) is 15.8. The maximum atomic E-state index is 13.4. The van der Waals surface area contributed by atoms with Crippen molar-refractivity contribution in [2.24, 2.45) is 5.92 Å². The Balaban J connectivity index is 2.37. The molecule has 0 amide bonds. The molecule has 118 valence electrons. The second kappa shape index (κ2) is 5.57. The lowest BCUT2D eigenvalue weighted by atomic mass is 9.91. The van der Waals surface area contributed by atoms with Crippen LogP contribution in [0.15, 0.2) is 18.2 Å². The summed E-state index contributed by atoms with van der Waals surface area (Å²) >= 11 is 0. The molecule has 1 saturated heterocycles. The summed E-state index contributed by atoms with van der Waals surface area (Å²) in [5, 5.41) is 2.81. The second-order valence-corrected chi connectivity index (χ2v) is 7.43. The summed E-state index contributed by atoms with van der Waals surface area (Å²) < 4.78 is 74.7. The van der Waals surface area contributed by atoms with Crippen LogP contribution in [0.1, 0.15) is 23.6 Å². The normalized spacial score (nSPS) is 23.2. The summed E-state index contributed by atoms with van der Waals surface area (Å²) in [6, 6.07) is 1.69. The fraction of sp³-hybridized carbons (Fsp3) is 0.538. The highest BCUT2D eigenvalue weighted by Crippen LogP contribution is 2.35. The SMILES string of the molecule is CNC(c1cc(F)cc(C(F)(F)F)c1)C1CCS(=O)(=O)C1. The molecule has 0 bridgehead atoms. The molecule has 21 heavy (non-hydrogen) atoms. The molecule has 1 heterocycles. The molecule has 1 aromatic rings. The van der Waals surface area contributed by atoms with Gasteiger partial charge in [0.2, 0.25) is 0 Å². The van der Waals surface area contributed by atoms with Gasteiger partial charge in [-0.2, -0.15) is 13.2 Å². The zero-order valence-electron chi connectivity index (χ0n) is 11.2. The Morgan fingerprint density at radius 3 is 2.43 bits per heavy atom. The summed E-state index contributed by atoms with van der Waals surface area (Å²) in [4.78, 5) is 0. The highest BCUT2D eigenvalue weighted by Gasteiger charge is 2.36. The number of benzene rings is 1. The maximum absolute atomic E-state index is 13.4. The van der Waals surface area contributed by atoms with E-state index < -0.39 is 33.4 Å². The van der Waals surface area contributed by atoms with Crippen LogP contribution in [0.4, 0.5) is 17.6 Å². The van der Waals surface area contributed by atoms with Crippen molar-refractivity contribution in [3.05, 3.63) is 35.1 Å². The van der Waals surface area contributed by atoms with E-state index in [-0.39, 0.29) is 23.0 Å². The minimum absolute atomic E-state index is 0.0112. The predicted molar refractivity (Wildman–Crippen MR) is 70.0 cm³/mol. The molecule has 2 atom stereocenters. The molecule has 2 unspecified atom stereocenters. The van der Waals surface area contributed by atoms with Gasteiger partial charge in [0.15, 0.2) is 9.84 Å². The average Bonchev–Trinajstić information content (AvgIpc) is 2.69. The molecule has 1 aromatic carbocycles. The molecular formula is C13H15F4NO2S. The quantitative estimate of drug-likeness (QED) is 0.869. The largest absolute Gasteiger partial charge is 0.416 e. The summed E-state index contributed by atoms with van der Waals surface area (Å²) in [7, 11) is -1.64. The number of hydrogen-bond donors (Lipinski definition) is 1. The molecule has 0 saturated carbocycles. The van der Waals surface area contributed by atoms with Crippen molar-refractivity contribution in [1.82, 2.24) is 5.32 Å². The maximum Gasteiger partial charge on any atom is 0.416 e. The molecule has 1 aliphatic rings. The number of rotatable bonds is 3. The molecular weight excluding hydrogens is 310 g/mol. The molecule has 0 aromatic heterocycles. The Labute approximate surface area is 120 Å². The zero-order valence-corrected chi connectivity index (χ0v) is 12.1. The number of alkyl halides is 3. The second-order valence-electron chi connectivity index (χ2n) is 5.20. The van der Waals surface area contributed by atoms with Crippen LogP contribution in [0.5, 0.6) is 0 Å². The van der Waals surface area contributed by atoms with Gasteiger partial charge in [0, 0.05) is 6.04 Å². The first-order valence-corrected chi connectivity index (χ1v) is 8.20. The van der Waals surface area contributed by atoms with Gasteiger partial charge in [-0.05, 0) is 43.1 Å². The lowest BCUT2D eigenvalue weighted by Crippen LogP contribution is -2.26. The van der Waals surface area contributed by atoms with Crippen LogP contribution in [0.2, 0.25) is 0 Å². The fourth-order valence-electron chi connectivity index (χ4n) is 2.72. The van der Waals surface area contributed by atoms with Gasteiger partial charge in [-0.1, -0.05) is 0 Å². The van der Waals surface area contributed by atoms with E-state index in [0.29, 0.717) is 12.5 Å². The molecule has 0 spiro atoms. The van der Waals surface area contributed by atoms with E-state index in [1.807, 2.05) is 0 Å². The molecule has 1 aliphatic heterocycles. The van der Waals surface area contributed by atoms with Crippen molar-refractivity contribution in [2.75, 3.05) is 18.6 Å². The van der Waals surface area contributed by atoms with Crippen LogP contribution in [0.25, 0.3) is 0 Å². The Morgan fingerprint density at radius 1 is 1.29 bits per heavy atom. The van der Waals surface area contributed by atoms with Gasteiger partial charge in [0.05, 0.1) is 17.1 Å². The van der Waals surface area contributed by atoms with E-state index in [2.05, 4.69) is 5.32 Å². The molecule has 1 N–H and O–H groups in total. The number of hydrogen-bond acceptors (Lipinski definition) is 3. The van der Waals surface area contributed by atoms with E-state index in [9.17, 15) is 26.0 Å². The van der Waals surface area contributed by atoms with Crippen LogP contribution in [0, 0.1) is 11.7 Å². The summed E-state index contributed by atoms with van der Waals surface area (Å²) in [6.45, 7) is 0. The van der Waals surface area contributed by atoms with E-state index in [0.717, 1.165) is 12.1 Å². The summed E-state index contributed by atoms with van der Waals surface area (Å²) in [5.41, 5.74) is -0.953. The van der Waals surface area contributed by atoms with Crippen LogP contribution in [0.3, 0.4) is 0 Å². The molecule has 8 heteroatoms. The predicted octanol–water partition coefficient (Wildman–Crippen LogP) is 2.54. The van der Waals surface area contributed by atoms with Crippen molar-refractivity contribution in [3.63, 3.8) is 0 Å². The Hall–Kier alpha value is -1.15. The Morgan fingerprint density at radius 2 is 1.95 bits per heavy atom. The molecule has 0 aliphatic carbocycles. The third-order valence-corrected chi connectivity index (χ3v) is 5.45. The molecule has 0 radical (unpaired) electrons. The fourth-order valence-corrected chi connectivity index (χ4v) is 4.56. The van der Waals surface area contributed by atoms with E-state index in [1.54, 1.807) is 0 Å². The van der Waals surface area contributed by atoms with E-state index >= 15 is 0 Å². The van der Waals surface area contributed by atoms with Crippen LogP contribution in [-0.2, 0) is 16.0 Å². The lowest BCUT2D eigenvalue weighted by Gasteiger charge is -2.23. The Kier molecular flexibility index (Phi) is 4.30. The van der Waals surface area contributed by atoms with Gasteiger partial charge in [-0.15, -0.1) is 0 Å². The van der Waals surface area contributed by atoms with Gasteiger partial charge in [0.1, 0.15) is 5.82 Å². The van der Waals surface area contributed by atoms with Gasteiger partial charge in [0.25, 0.3) is 0 Å². The molecule has 1 fully saturated rings. The van der Waals surface area contributed by atoms with Crippen molar-refractivity contribution in [2.45, 2.75) is 18.6 Å². The number of sulfone groups is 1. The monoisotopic (exact) mass is 325 g/mol. The highest BCUT2D eigenvalue weighted by molar-refractivity contribution is 7.91. The number of nitrogens with one attached hydrogen (secondary N) is 1. The average molecular weight is 325 g/mol. The minimum Gasteiger partial charge on any atom is -0.313 e. The lowest BCUT2D eigenvalue weighted by molar-refractivity contribution is -0.137. The van der Waals surface area contributed by atoms with Gasteiger partial charge >= 0.3 is 6.18 Å². The van der Waals surface area contributed by atoms with E-state index in [4.69, 9.17) is 0 Å². The van der Waals surface area contributed by atoms with Crippen LogP contribution in [-0.4, -0.2) is 27.0 Å². The van der Waals surface area contributed by atoms with Crippen LogP contribution < -0.4 is 5.32 Å². The number of halogens is 4. The van der Waals surface area contributed by atoms with Crippen molar-refractivity contribution < 1.29 is 26.0 Å². The van der Waals surface area contributed by atoms with Gasteiger partial charge in [-0.25, -0.2) is 12.8 Å². The topological polar surface area (TPSA) is 46.2 Å². The minimum atomic E-state index is -4.64. The summed E-state index contributed by atoms with van der Waals surface area (Å²) in [6.07, 6.45) is -4.29. The highest BCUT2D eigenvalue weighted by atomic mass is 32.2. The van der Waals surface area contributed by atoms with Crippen molar-refractivity contribution >= 4 is 9.84 Å². The Bertz CT molecular complexity index is 628. The van der Waals surface area contributed by atoms with Gasteiger partial charge < -0.3 is 5.32 Å². The van der Waals surface area contributed by atoms with E-state index in [1.165, 1.54) is 7.05 Å². The first kappa shape index (κ1) is 16.2. The first-order chi connectivity index (χ1) is 9.62. The van der Waals surface area contributed by atoms with Crippen molar-refractivity contribution in [1.29, 1.82) is 0 Å². The third-order valence-electron chi connectivity index (χ3n) is 3.66. The molecule has 3 nitrogen and oxygen atoms in total. The van der Waals surface area contributed by atoms with Gasteiger partial charge in [-0.3, -0.25) is 0 Å². The summed E-state index contributed by atoms with van der Waals surface area (Å²) in [5.74, 6) is -1.43. The van der Waals surface area contributed by atoms with Crippen LogP contribution >= 0.6 is 0 Å². The standard InChI is InChI=1S/C13H15F4NO2S/c1-18-12(8-2-3-21(19,20)7-8)9-4-10(13(15,16)17)6-11(14)5-9/h4-6,8,12,18H,2-3,7H2,1H3. The smallest absolute Gasteiger partial charge is 0.313 e. The van der Waals surface area contributed by atoms with Crippen molar-refractivity contribution in [3.8, 4) is 0 Å². The molecule has 2 rings (SSSR count). The first-order valence-electron chi connectivity index (χ1n) is 6.38. The third kappa shape index (κ3) is 3.74.